The monoisotopic (exact) mass is 412 g/mol. The standard InChI is InChI=1S/C21H24N4O3S/c1-15-13-18(24-28-15)22-20(27)14-25(2)11-10-19(26)23-21(17-9-6-12-29-17)16-7-4-3-5-8-16/h3-9,12-13,21H,10-11,14H2,1-2H3,(H,23,26)(H,22,24,27). The Morgan fingerprint density at radius 2 is 1.97 bits per heavy atom. The molecule has 8 heteroatoms. The van der Waals surface area contributed by atoms with E-state index in [1.807, 2.05) is 47.8 Å². The van der Waals surface area contributed by atoms with E-state index in [0.29, 0.717) is 24.5 Å². The minimum absolute atomic E-state index is 0.0633. The Balaban J connectivity index is 1.49. The number of thiophene rings is 1. The van der Waals surface area contributed by atoms with Crippen LogP contribution in [0.3, 0.4) is 0 Å². The Morgan fingerprint density at radius 1 is 1.17 bits per heavy atom. The van der Waals surface area contributed by atoms with Crippen molar-refractivity contribution in [2.45, 2.75) is 19.4 Å². The number of hydrogen-bond acceptors (Lipinski definition) is 6. The van der Waals surface area contributed by atoms with Crippen molar-refractivity contribution in [1.29, 1.82) is 0 Å². The predicted molar refractivity (Wildman–Crippen MR) is 113 cm³/mol. The van der Waals surface area contributed by atoms with Crippen molar-refractivity contribution in [2.75, 3.05) is 25.5 Å². The molecule has 3 aromatic rings. The van der Waals surface area contributed by atoms with E-state index in [9.17, 15) is 9.59 Å². The topological polar surface area (TPSA) is 87.5 Å². The number of likely N-dealkylation sites (N-methyl/N-ethyl adjacent to an activating group) is 1. The summed E-state index contributed by atoms with van der Waals surface area (Å²) >= 11 is 1.61. The van der Waals surface area contributed by atoms with Crippen molar-refractivity contribution in [3.8, 4) is 0 Å². The summed E-state index contributed by atoms with van der Waals surface area (Å²) in [5.41, 5.74) is 1.04. The van der Waals surface area contributed by atoms with Crippen LogP contribution in [-0.4, -0.2) is 42.0 Å². The highest BCUT2D eigenvalue weighted by Crippen LogP contribution is 2.25. The van der Waals surface area contributed by atoms with Gasteiger partial charge in [-0.25, -0.2) is 0 Å². The van der Waals surface area contributed by atoms with Gasteiger partial charge in [-0.15, -0.1) is 11.3 Å². The lowest BCUT2D eigenvalue weighted by Crippen LogP contribution is -2.35. The van der Waals surface area contributed by atoms with Crippen LogP contribution in [0.5, 0.6) is 0 Å². The molecule has 0 fully saturated rings. The van der Waals surface area contributed by atoms with E-state index in [0.717, 1.165) is 10.4 Å². The molecule has 0 aliphatic rings. The van der Waals surface area contributed by atoms with Crippen LogP contribution in [0.4, 0.5) is 5.82 Å². The van der Waals surface area contributed by atoms with Crippen molar-refractivity contribution in [2.24, 2.45) is 0 Å². The number of nitrogens with zero attached hydrogens (tertiary/aromatic N) is 2. The summed E-state index contributed by atoms with van der Waals surface area (Å²) in [6.07, 6.45) is 0.293. The van der Waals surface area contributed by atoms with E-state index in [1.54, 1.807) is 36.3 Å². The summed E-state index contributed by atoms with van der Waals surface area (Å²) in [4.78, 5) is 27.5. The number of aryl methyl sites for hydroxylation is 1. The molecule has 1 atom stereocenters. The molecule has 2 heterocycles. The van der Waals surface area contributed by atoms with E-state index in [2.05, 4.69) is 15.8 Å². The molecule has 29 heavy (non-hydrogen) atoms. The van der Waals surface area contributed by atoms with Gasteiger partial charge in [-0.05, 0) is 31.0 Å². The van der Waals surface area contributed by atoms with Gasteiger partial charge >= 0.3 is 0 Å². The molecular formula is C21H24N4O3S. The van der Waals surface area contributed by atoms with Crippen LogP contribution < -0.4 is 10.6 Å². The molecule has 0 aliphatic heterocycles. The number of aromatic nitrogens is 1. The van der Waals surface area contributed by atoms with Crippen molar-refractivity contribution >= 4 is 29.0 Å². The molecule has 0 radical (unpaired) electrons. The quantitative estimate of drug-likeness (QED) is 0.564. The predicted octanol–water partition coefficient (Wildman–Crippen LogP) is 3.21. The van der Waals surface area contributed by atoms with Gasteiger partial charge in [0.2, 0.25) is 11.8 Å². The largest absolute Gasteiger partial charge is 0.360 e. The number of nitrogens with one attached hydrogen (secondary N) is 2. The highest BCUT2D eigenvalue weighted by molar-refractivity contribution is 7.10. The summed E-state index contributed by atoms with van der Waals surface area (Å²) in [6, 6.07) is 15.4. The molecule has 2 aromatic heterocycles. The SMILES string of the molecule is Cc1cc(NC(=O)CN(C)CCC(=O)NC(c2ccccc2)c2cccs2)no1. The van der Waals surface area contributed by atoms with Gasteiger partial charge in [0.15, 0.2) is 5.82 Å². The van der Waals surface area contributed by atoms with Crippen molar-refractivity contribution in [3.05, 3.63) is 70.1 Å². The zero-order chi connectivity index (χ0) is 20.6. The summed E-state index contributed by atoms with van der Waals surface area (Å²) in [6.45, 7) is 2.38. The fourth-order valence-corrected chi connectivity index (χ4v) is 3.68. The number of anilines is 1. The molecule has 7 nitrogen and oxygen atoms in total. The zero-order valence-corrected chi connectivity index (χ0v) is 17.2. The van der Waals surface area contributed by atoms with Crippen LogP contribution in [0, 0.1) is 6.92 Å². The molecule has 2 N–H and O–H groups in total. The van der Waals surface area contributed by atoms with Crippen LogP contribution in [0.25, 0.3) is 0 Å². The first kappa shape index (κ1) is 20.8. The Hall–Kier alpha value is -2.97. The van der Waals surface area contributed by atoms with E-state index < -0.39 is 0 Å². The third-order valence-electron chi connectivity index (χ3n) is 4.30. The molecule has 0 saturated carbocycles. The maximum Gasteiger partial charge on any atom is 0.239 e. The van der Waals surface area contributed by atoms with Crippen LogP contribution in [0.2, 0.25) is 0 Å². The highest BCUT2D eigenvalue weighted by atomic mass is 32.1. The van der Waals surface area contributed by atoms with Gasteiger partial charge in [-0.2, -0.15) is 0 Å². The fourth-order valence-electron chi connectivity index (χ4n) is 2.88. The maximum atomic E-state index is 12.5. The Kier molecular flexibility index (Phi) is 7.15. The number of rotatable bonds is 9. The van der Waals surface area contributed by atoms with Crippen LogP contribution in [0.15, 0.2) is 58.4 Å². The minimum atomic E-state index is -0.207. The third-order valence-corrected chi connectivity index (χ3v) is 5.23. The number of benzene rings is 1. The Labute approximate surface area is 173 Å². The molecule has 0 aliphatic carbocycles. The van der Waals surface area contributed by atoms with Crippen molar-refractivity contribution in [3.63, 3.8) is 0 Å². The number of carbonyl (C=O) groups is 2. The third kappa shape index (κ3) is 6.27. The van der Waals surface area contributed by atoms with Crippen molar-refractivity contribution in [1.82, 2.24) is 15.4 Å². The fraction of sp³-hybridized carbons (Fsp3) is 0.286. The number of carbonyl (C=O) groups excluding carboxylic acids is 2. The highest BCUT2D eigenvalue weighted by Gasteiger charge is 2.18. The molecule has 0 saturated heterocycles. The van der Waals surface area contributed by atoms with Gasteiger partial charge in [0, 0.05) is 23.9 Å². The minimum Gasteiger partial charge on any atom is -0.360 e. The normalized spacial score (nSPS) is 12.0. The first-order chi connectivity index (χ1) is 14.0. The van der Waals surface area contributed by atoms with Gasteiger partial charge in [0.05, 0.1) is 12.6 Å². The van der Waals surface area contributed by atoms with Crippen molar-refractivity contribution < 1.29 is 14.1 Å². The average molecular weight is 413 g/mol. The molecule has 3 rings (SSSR count). The van der Waals surface area contributed by atoms with Gasteiger partial charge < -0.3 is 15.2 Å². The van der Waals surface area contributed by atoms with Gasteiger partial charge in [0.1, 0.15) is 5.76 Å². The summed E-state index contributed by atoms with van der Waals surface area (Å²) in [5.74, 6) is 0.748. The summed E-state index contributed by atoms with van der Waals surface area (Å²) in [7, 11) is 1.80. The van der Waals surface area contributed by atoms with Gasteiger partial charge in [-0.3, -0.25) is 14.5 Å². The van der Waals surface area contributed by atoms with E-state index >= 15 is 0 Å². The Morgan fingerprint density at radius 3 is 2.62 bits per heavy atom. The lowest BCUT2D eigenvalue weighted by atomic mass is 10.1. The Bertz CT molecular complexity index is 925. The smallest absolute Gasteiger partial charge is 0.239 e. The number of amides is 2. The lowest BCUT2D eigenvalue weighted by Gasteiger charge is -2.20. The number of hydrogen-bond donors (Lipinski definition) is 2. The molecule has 1 aromatic carbocycles. The molecule has 152 valence electrons. The maximum absolute atomic E-state index is 12.5. The molecule has 0 bridgehead atoms. The van der Waals surface area contributed by atoms with E-state index in [1.165, 1.54) is 0 Å². The zero-order valence-electron chi connectivity index (χ0n) is 16.4. The molecular weight excluding hydrogens is 388 g/mol. The van der Waals surface area contributed by atoms with E-state index in [-0.39, 0.29) is 24.4 Å². The summed E-state index contributed by atoms with van der Waals surface area (Å²) < 4.78 is 4.92. The van der Waals surface area contributed by atoms with Gasteiger partial charge in [-0.1, -0.05) is 41.6 Å². The summed E-state index contributed by atoms with van der Waals surface area (Å²) in [5, 5.41) is 11.5. The van der Waals surface area contributed by atoms with Crippen LogP contribution in [0.1, 0.15) is 28.7 Å². The second-order valence-electron chi connectivity index (χ2n) is 6.79. The molecule has 0 spiro atoms. The average Bonchev–Trinajstić information content (AvgIpc) is 3.37. The molecule has 2 amide bonds. The van der Waals surface area contributed by atoms with E-state index in [4.69, 9.17) is 4.52 Å². The van der Waals surface area contributed by atoms with Crippen LogP contribution >= 0.6 is 11.3 Å². The lowest BCUT2D eigenvalue weighted by molar-refractivity contribution is -0.122. The second-order valence-corrected chi connectivity index (χ2v) is 7.76. The first-order valence-corrected chi connectivity index (χ1v) is 10.2. The second kappa shape index (κ2) is 9.99. The first-order valence-electron chi connectivity index (χ1n) is 9.30. The van der Waals surface area contributed by atoms with Crippen LogP contribution in [-0.2, 0) is 9.59 Å². The molecule has 1 unspecified atom stereocenters. The van der Waals surface area contributed by atoms with Gasteiger partial charge in [0.25, 0.3) is 0 Å².